The monoisotopic (exact) mass is 228 g/mol. The molecular formula is C6H13O7P. The van der Waals surface area contributed by atoms with Gasteiger partial charge in [-0.15, -0.1) is 0 Å². The van der Waals surface area contributed by atoms with Gasteiger partial charge < -0.3 is 24.5 Å². The van der Waals surface area contributed by atoms with E-state index in [0.717, 1.165) is 6.08 Å². The Morgan fingerprint density at radius 2 is 1.93 bits per heavy atom. The molecule has 7 nitrogen and oxygen atoms in total. The molecule has 0 heterocycles. The SMILES string of the molecule is C=CC(=O)OCC(C)O.O=P(O)(O)O. The van der Waals surface area contributed by atoms with Gasteiger partial charge in [0.15, 0.2) is 0 Å². The molecule has 1 atom stereocenters. The van der Waals surface area contributed by atoms with Gasteiger partial charge in [0.05, 0.1) is 6.10 Å². The summed E-state index contributed by atoms with van der Waals surface area (Å²) >= 11 is 0. The summed E-state index contributed by atoms with van der Waals surface area (Å²) in [6, 6.07) is 0. The summed E-state index contributed by atoms with van der Waals surface area (Å²) in [7, 11) is -4.64. The Balaban J connectivity index is 0. The van der Waals surface area contributed by atoms with Crippen molar-refractivity contribution in [2.24, 2.45) is 0 Å². The molecule has 0 aliphatic rings. The summed E-state index contributed by atoms with van der Waals surface area (Å²) in [6.07, 6.45) is 0.455. The van der Waals surface area contributed by atoms with Crippen molar-refractivity contribution in [1.82, 2.24) is 0 Å². The van der Waals surface area contributed by atoms with Gasteiger partial charge in [-0.1, -0.05) is 6.58 Å². The summed E-state index contributed by atoms with van der Waals surface area (Å²) in [5.41, 5.74) is 0. The number of ether oxygens (including phenoxy) is 1. The van der Waals surface area contributed by atoms with E-state index in [9.17, 15) is 4.79 Å². The minimum Gasteiger partial charge on any atom is -0.460 e. The van der Waals surface area contributed by atoms with Crippen LogP contribution in [0.2, 0.25) is 0 Å². The van der Waals surface area contributed by atoms with Crippen molar-refractivity contribution < 1.29 is 33.9 Å². The molecule has 8 heteroatoms. The maximum atomic E-state index is 10.3. The van der Waals surface area contributed by atoms with Crippen molar-refractivity contribution in [3.8, 4) is 0 Å². The molecule has 0 rings (SSSR count). The lowest BCUT2D eigenvalue weighted by molar-refractivity contribution is -0.140. The highest BCUT2D eigenvalue weighted by Crippen LogP contribution is 2.25. The molecule has 0 aliphatic heterocycles. The van der Waals surface area contributed by atoms with Gasteiger partial charge in [-0.05, 0) is 6.92 Å². The summed E-state index contributed by atoms with van der Waals surface area (Å²) in [6.45, 7) is 4.75. The normalized spacial score (nSPS) is 12.1. The number of esters is 1. The van der Waals surface area contributed by atoms with Crippen LogP contribution < -0.4 is 0 Å². The van der Waals surface area contributed by atoms with E-state index in [0.29, 0.717) is 0 Å². The fourth-order valence-electron chi connectivity index (χ4n) is 0.262. The molecule has 1 unspecified atom stereocenters. The maximum absolute atomic E-state index is 10.3. The molecule has 0 radical (unpaired) electrons. The molecule has 0 aromatic rings. The van der Waals surface area contributed by atoms with Crippen LogP contribution in [0.3, 0.4) is 0 Å². The second kappa shape index (κ2) is 7.66. The van der Waals surface area contributed by atoms with E-state index in [1.165, 1.54) is 6.92 Å². The molecule has 0 saturated heterocycles. The van der Waals surface area contributed by atoms with Crippen LogP contribution in [0.4, 0.5) is 0 Å². The zero-order chi connectivity index (χ0) is 11.8. The Hall–Kier alpha value is -0.720. The van der Waals surface area contributed by atoms with Crippen molar-refractivity contribution in [2.45, 2.75) is 13.0 Å². The van der Waals surface area contributed by atoms with E-state index < -0.39 is 19.9 Å². The molecule has 0 bridgehead atoms. The van der Waals surface area contributed by atoms with E-state index in [1.807, 2.05) is 0 Å². The number of carbonyl (C=O) groups excluding carboxylic acids is 1. The molecule has 0 aliphatic carbocycles. The Bertz CT molecular complexity index is 210. The summed E-state index contributed by atoms with van der Waals surface area (Å²) < 4.78 is 13.3. The third-order valence-electron chi connectivity index (χ3n) is 0.633. The highest BCUT2D eigenvalue weighted by atomic mass is 31.2. The molecule has 14 heavy (non-hydrogen) atoms. The molecule has 0 spiro atoms. The lowest BCUT2D eigenvalue weighted by atomic mass is 10.4. The second-order valence-electron chi connectivity index (χ2n) is 2.20. The van der Waals surface area contributed by atoms with Crippen molar-refractivity contribution in [1.29, 1.82) is 0 Å². The molecule has 0 amide bonds. The van der Waals surface area contributed by atoms with Crippen molar-refractivity contribution in [3.63, 3.8) is 0 Å². The number of aliphatic hydroxyl groups excluding tert-OH is 1. The van der Waals surface area contributed by atoms with Crippen LogP contribution in [0.25, 0.3) is 0 Å². The molecule has 84 valence electrons. The zero-order valence-electron chi connectivity index (χ0n) is 7.53. The highest BCUT2D eigenvalue weighted by Gasteiger charge is 2.00. The molecule has 0 aromatic carbocycles. The van der Waals surface area contributed by atoms with Gasteiger partial charge in [-0.2, -0.15) is 0 Å². The lowest BCUT2D eigenvalue weighted by Gasteiger charge is -2.02. The number of phosphoric acid groups is 1. The van der Waals surface area contributed by atoms with Crippen molar-refractivity contribution in [3.05, 3.63) is 12.7 Å². The predicted molar refractivity (Wildman–Crippen MR) is 47.1 cm³/mol. The van der Waals surface area contributed by atoms with Gasteiger partial charge in [0, 0.05) is 6.08 Å². The van der Waals surface area contributed by atoms with Gasteiger partial charge in [0.2, 0.25) is 0 Å². The summed E-state index contributed by atoms with van der Waals surface area (Å²) in [5.74, 6) is -0.504. The number of aliphatic hydroxyl groups is 1. The van der Waals surface area contributed by atoms with Gasteiger partial charge in [-0.25, -0.2) is 9.36 Å². The molecule has 0 aromatic heterocycles. The minimum atomic E-state index is -4.64. The van der Waals surface area contributed by atoms with E-state index in [4.69, 9.17) is 24.4 Å². The fraction of sp³-hybridized carbons (Fsp3) is 0.500. The van der Waals surface area contributed by atoms with Gasteiger partial charge in [-0.3, -0.25) is 0 Å². The highest BCUT2D eigenvalue weighted by molar-refractivity contribution is 7.45. The van der Waals surface area contributed by atoms with E-state index in [-0.39, 0.29) is 6.61 Å². The van der Waals surface area contributed by atoms with Crippen LogP contribution in [0, 0.1) is 0 Å². The minimum absolute atomic E-state index is 0.0326. The first-order valence-electron chi connectivity index (χ1n) is 3.42. The van der Waals surface area contributed by atoms with Crippen LogP contribution in [-0.4, -0.2) is 38.5 Å². The van der Waals surface area contributed by atoms with Crippen LogP contribution in [-0.2, 0) is 14.1 Å². The number of rotatable bonds is 3. The molecule has 0 fully saturated rings. The van der Waals surface area contributed by atoms with Gasteiger partial charge in [0.25, 0.3) is 0 Å². The average molecular weight is 228 g/mol. The van der Waals surface area contributed by atoms with E-state index in [1.54, 1.807) is 0 Å². The van der Waals surface area contributed by atoms with Crippen LogP contribution in [0.5, 0.6) is 0 Å². The zero-order valence-corrected chi connectivity index (χ0v) is 8.42. The first kappa shape index (κ1) is 15.7. The van der Waals surface area contributed by atoms with Crippen LogP contribution >= 0.6 is 7.82 Å². The smallest absolute Gasteiger partial charge is 0.460 e. The van der Waals surface area contributed by atoms with Crippen molar-refractivity contribution >= 4 is 13.8 Å². The number of hydrogen-bond donors (Lipinski definition) is 4. The van der Waals surface area contributed by atoms with Crippen LogP contribution in [0.1, 0.15) is 6.92 Å². The number of hydrogen-bond acceptors (Lipinski definition) is 4. The second-order valence-corrected chi connectivity index (χ2v) is 3.22. The predicted octanol–water partition coefficient (Wildman–Crippen LogP) is -0.832. The van der Waals surface area contributed by atoms with E-state index in [2.05, 4.69) is 11.3 Å². The molecule has 4 N–H and O–H groups in total. The largest absolute Gasteiger partial charge is 0.466 e. The number of carbonyl (C=O) groups is 1. The van der Waals surface area contributed by atoms with Gasteiger partial charge >= 0.3 is 13.8 Å². The Morgan fingerprint density at radius 1 is 1.57 bits per heavy atom. The molecular weight excluding hydrogens is 215 g/mol. The molecule has 0 saturated carbocycles. The first-order valence-corrected chi connectivity index (χ1v) is 4.99. The topological polar surface area (TPSA) is 124 Å². The van der Waals surface area contributed by atoms with Crippen LogP contribution in [0.15, 0.2) is 12.7 Å². The fourth-order valence-corrected chi connectivity index (χ4v) is 0.262. The quantitative estimate of drug-likeness (QED) is 0.282. The summed E-state index contributed by atoms with van der Waals surface area (Å²) in [4.78, 5) is 31.8. The third kappa shape index (κ3) is 30.2. The third-order valence-corrected chi connectivity index (χ3v) is 0.633. The standard InChI is InChI=1S/C6H10O3.H3O4P/c1-3-6(8)9-4-5(2)7;1-5(2,3)4/h3,5,7H,1,4H2,2H3;(H3,1,2,3,4). The maximum Gasteiger partial charge on any atom is 0.466 e. The Kier molecular flexibility index (Phi) is 8.61. The Labute approximate surface area is 80.9 Å². The summed E-state index contributed by atoms with van der Waals surface area (Å²) in [5, 5.41) is 8.59. The van der Waals surface area contributed by atoms with E-state index >= 15 is 0 Å². The average Bonchev–Trinajstić information content (AvgIpc) is 1.96. The lowest BCUT2D eigenvalue weighted by Crippen LogP contribution is -2.13. The van der Waals surface area contributed by atoms with Gasteiger partial charge in [0.1, 0.15) is 6.61 Å². The van der Waals surface area contributed by atoms with Crippen molar-refractivity contribution in [2.75, 3.05) is 6.61 Å². The first-order chi connectivity index (χ1) is 6.16. The Morgan fingerprint density at radius 3 is 2.14 bits per heavy atom.